The zero-order chi connectivity index (χ0) is 14.7. The van der Waals surface area contributed by atoms with Gasteiger partial charge in [-0.05, 0) is 37.8 Å². The summed E-state index contributed by atoms with van der Waals surface area (Å²) >= 11 is 0. The van der Waals surface area contributed by atoms with Crippen molar-refractivity contribution < 1.29 is 0 Å². The van der Waals surface area contributed by atoms with Crippen LogP contribution in [0.1, 0.15) is 32.3 Å². The van der Waals surface area contributed by atoms with Crippen LogP contribution in [0.15, 0.2) is 30.5 Å². The molecular formula is C16H21N5. The first kappa shape index (κ1) is 13.8. The minimum Gasteiger partial charge on any atom is -0.350 e. The van der Waals surface area contributed by atoms with E-state index in [1.54, 1.807) is 6.20 Å². The van der Waals surface area contributed by atoms with Crippen LogP contribution in [0.4, 0.5) is 17.5 Å². The highest BCUT2D eigenvalue weighted by Crippen LogP contribution is 2.31. The van der Waals surface area contributed by atoms with Gasteiger partial charge in [-0.1, -0.05) is 25.1 Å². The van der Waals surface area contributed by atoms with E-state index in [1.807, 2.05) is 0 Å². The lowest BCUT2D eigenvalue weighted by Crippen LogP contribution is -2.26. The molecular weight excluding hydrogens is 262 g/mol. The monoisotopic (exact) mass is 283 g/mol. The van der Waals surface area contributed by atoms with Gasteiger partial charge < -0.3 is 10.2 Å². The molecule has 1 N–H and O–H groups in total. The lowest BCUT2D eigenvalue weighted by molar-refractivity contribution is 0.734. The Labute approximate surface area is 125 Å². The second-order valence-corrected chi connectivity index (χ2v) is 5.48. The van der Waals surface area contributed by atoms with Crippen molar-refractivity contribution in [2.45, 2.75) is 39.2 Å². The normalized spacial score (nSPS) is 15.4. The van der Waals surface area contributed by atoms with Crippen molar-refractivity contribution in [1.82, 2.24) is 15.2 Å². The van der Waals surface area contributed by atoms with Gasteiger partial charge in [-0.2, -0.15) is 10.1 Å². The Kier molecular flexibility index (Phi) is 3.99. The summed E-state index contributed by atoms with van der Waals surface area (Å²) in [5, 5.41) is 11.5. The SMILES string of the molecule is CCC(C)Nc1nncc(N2CCCc3ccccc32)n1. The van der Waals surface area contributed by atoms with Crippen LogP contribution in [-0.2, 0) is 6.42 Å². The molecule has 0 aliphatic carbocycles. The predicted octanol–water partition coefficient (Wildman–Crippen LogP) is 3.17. The number of hydrogen-bond acceptors (Lipinski definition) is 5. The average molecular weight is 283 g/mol. The number of rotatable bonds is 4. The molecule has 1 unspecified atom stereocenters. The number of benzene rings is 1. The standard InChI is InChI=1S/C16H21N5/c1-3-12(2)18-16-19-15(11-17-20-16)21-10-6-8-13-7-4-5-9-14(13)21/h4-5,7,9,11-12H,3,6,8,10H2,1-2H3,(H,18,19,20). The van der Waals surface area contributed by atoms with E-state index in [0.717, 1.165) is 31.6 Å². The summed E-state index contributed by atoms with van der Waals surface area (Å²) in [6.45, 7) is 5.22. The fourth-order valence-electron chi connectivity index (χ4n) is 2.58. The molecule has 5 heteroatoms. The molecule has 3 rings (SSSR count). The van der Waals surface area contributed by atoms with Gasteiger partial charge in [-0.25, -0.2) is 0 Å². The number of aryl methyl sites for hydroxylation is 1. The number of aromatic nitrogens is 3. The van der Waals surface area contributed by atoms with Gasteiger partial charge in [0, 0.05) is 18.3 Å². The van der Waals surface area contributed by atoms with Gasteiger partial charge in [0.25, 0.3) is 0 Å². The zero-order valence-corrected chi connectivity index (χ0v) is 12.6. The van der Waals surface area contributed by atoms with E-state index in [4.69, 9.17) is 0 Å². The fraction of sp³-hybridized carbons (Fsp3) is 0.438. The number of fused-ring (bicyclic) bond motifs is 1. The first-order valence-electron chi connectivity index (χ1n) is 7.59. The molecule has 21 heavy (non-hydrogen) atoms. The maximum Gasteiger partial charge on any atom is 0.244 e. The first-order valence-corrected chi connectivity index (χ1v) is 7.59. The number of hydrogen-bond donors (Lipinski definition) is 1. The molecule has 1 aromatic carbocycles. The number of nitrogens with one attached hydrogen (secondary N) is 1. The Morgan fingerprint density at radius 1 is 1.33 bits per heavy atom. The number of anilines is 3. The predicted molar refractivity (Wildman–Crippen MR) is 85.0 cm³/mol. The van der Waals surface area contributed by atoms with Crippen LogP contribution in [0.5, 0.6) is 0 Å². The summed E-state index contributed by atoms with van der Waals surface area (Å²) in [6.07, 6.45) is 5.03. The summed E-state index contributed by atoms with van der Waals surface area (Å²) in [6, 6.07) is 8.85. The minimum atomic E-state index is 0.343. The molecule has 0 radical (unpaired) electrons. The molecule has 0 saturated heterocycles. The van der Waals surface area contributed by atoms with Gasteiger partial charge in [0.15, 0.2) is 5.82 Å². The van der Waals surface area contributed by atoms with Crippen LogP contribution >= 0.6 is 0 Å². The van der Waals surface area contributed by atoms with E-state index in [0.29, 0.717) is 12.0 Å². The summed E-state index contributed by atoms with van der Waals surface area (Å²) in [5.74, 6) is 1.47. The summed E-state index contributed by atoms with van der Waals surface area (Å²) in [5.41, 5.74) is 2.61. The van der Waals surface area contributed by atoms with E-state index in [-0.39, 0.29) is 0 Å². The molecule has 0 bridgehead atoms. The quantitative estimate of drug-likeness (QED) is 0.934. The molecule has 1 aliphatic heterocycles. The van der Waals surface area contributed by atoms with Crippen molar-refractivity contribution in [1.29, 1.82) is 0 Å². The number of nitrogens with zero attached hydrogens (tertiary/aromatic N) is 4. The second kappa shape index (κ2) is 6.08. The molecule has 1 aliphatic rings. The van der Waals surface area contributed by atoms with Crippen molar-refractivity contribution in [2.24, 2.45) is 0 Å². The summed E-state index contributed by atoms with van der Waals surface area (Å²) in [7, 11) is 0. The molecule has 0 spiro atoms. The minimum absolute atomic E-state index is 0.343. The van der Waals surface area contributed by atoms with Gasteiger partial charge in [0.1, 0.15) is 0 Å². The third-order valence-corrected chi connectivity index (χ3v) is 3.92. The van der Waals surface area contributed by atoms with Gasteiger partial charge in [-0.3, -0.25) is 0 Å². The molecule has 1 aromatic heterocycles. The molecule has 0 amide bonds. The van der Waals surface area contributed by atoms with E-state index in [2.05, 4.69) is 63.5 Å². The van der Waals surface area contributed by atoms with Gasteiger partial charge in [0.05, 0.1) is 6.20 Å². The molecule has 110 valence electrons. The van der Waals surface area contributed by atoms with Crippen molar-refractivity contribution in [3.8, 4) is 0 Å². The lowest BCUT2D eigenvalue weighted by Gasteiger charge is -2.30. The molecule has 0 fully saturated rings. The van der Waals surface area contributed by atoms with Crippen LogP contribution in [0.3, 0.4) is 0 Å². The largest absolute Gasteiger partial charge is 0.350 e. The molecule has 0 saturated carbocycles. The van der Waals surface area contributed by atoms with Gasteiger partial charge in [-0.15, -0.1) is 5.10 Å². The van der Waals surface area contributed by atoms with Crippen molar-refractivity contribution in [3.63, 3.8) is 0 Å². The highest BCUT2D eigenvalue weighted by atomic mass is 15.3. The van der Waals surface area contributed by atoms with Crippen LogP contribution in [0.2, 0.25) is 0 Å². The fourth-order valence-corrected chi connectivity index (χ4v) is 2.58. The van der Waals surface area contributed by atoms with Crippen LogP contribution in [0.25, 0.3) is 0 Å². The Balaban J connectivity index is 1.89. The van der Waals surface area contributed by atoms with E-state index in [9.17, 15) is 0 Å². The molecule has 1 atom stereocenters. The van der Waals surface area contributed by atoms with Crippen LogP contribution < -0.4 is 10.2 Å². The highest BCUT2D eigenvalue weighted by Gasteiger charge is 2.19. The van der Waals surface area contributed by atoms with Crippen LogP contribution in [0, 0.1) is 0 Å². The Bertz CT molecular complexity index is 613. The Morgan fingerprint density at radius 2 is 2.19 bits per heavy atom. The maximum atomic E-state index is 4.62. The van der Waals surface area contributed by atoms with E-state index < -0.39 is 0 Å². The molecule has 5 nitrogen and oxygen atoms in total. The van der Waals surface area contributed by atoms with Crippen molar-refractivity contribution in [2.75, 3.05) is 16.8 Å². The topological polar surface area (TPSA) is 53.9 Å². The van der Waals surface area contributed by atoms with Crippen molar-refractivity contribution in [3.05, 3.63) is 36.0 Å². The third kappa shape index (κ3) is 2.96. The van der Waals surface area contributed by atoms with E-state index >= 15 is 0 Å². The Morgan fingerprint density at radius 3 is 3.05 bits per heavy atom. The van der Waals surface area contributed by atoms with Crippen molar-refractivity contribution >= 4 is 17.5 Å². The summed E-state index contributed by atoms with van der Waals surface area (Å²) in [4.78, 5) is 6.86. The Hall–Kier alpha value is -2.17. The van der Waals surface area contributed by atoms with Crippen LogP contribution in [-0.4, -0.2) is 27.8 Å². The highest BCUT2D eigenvalue weighted by molar-refractivity contribution is 5.65. The lowest BCUT2D eigenvalue weighted by atomic mass is 10.0. The van der Waals surface area contributed by atoms with E-state index in [1.165, 1.54) is 11.3 Å². The van der Waals surface area contributed by atoms with Gasteiger partial charge in [0.2, 0.25) is 5.95 Å². The molecule has 2 heterocycles. The third-order valence-electron chi connectivity index (χ3n) is 3.92. The average Bonchev–Trinajstić information content (AvgIpc) is 2.54. The molecule has 2 aromatic rings. The smallest absolute Gasteiger partial charge is 0.244 e. The first-order chi connectivity index (χ1) is 10.3. The summed E-state index contributed by atoms with van der Waals surface area (Å²) < 4.78 is 0. The van der Waals surface area contributed by atoms with Gasteiger partial charge >= 0.3 is 0 Å². The zero-order valence-electron chi connectivity index (χ0n) is 12.6. The maximum absolute atomic E-state index is 4.62. The second-order valence-electron chi connectivity index (χ2n) is 5.48. The number of para-hydroxylation sites is 1.